The van der Waals surface area contributed by atoms with E-state index in [1.807, 2.05) is 12.1 Å². The topological polar surface area (TPSA) is 44.4 Å². The third-order valence-electron chi connectivity index (χ3n) is 6.75. The van der Waals surface area contributed by atoms with Gasteiger partial charge in [0.2, 0.25) is 5.91 Å². The molecule has 1 heterocycles. The van der Waals surface area contributed by atoms with E-state index in [-0.39, 0.29) is 22.9 Å². The summed E-state index contributed by atoms with van der Waals surface area (Å²) >= 11 is 0. The molecule has 2 N–H and O–H groups in total. The molecule has 2 aliphatic rings. The van der Waals surface area contributed by atoms with Crippen LogP contribution in [0.3, 0.4) is 0 Å². The van der Waals surface area contributed by atoms with Gasteiger partial charge in [0.15, 0.2) is 6.04 Å². The molecule has 7 heteroatoms. The summed E-state index contributed by atoms with van der Waals surface area (Å²) in [6.07, 6.45) is -3.69. The van der Waals surface area contributed by atoms with Gasteiger partial charge in [-0.15, -0.1) is 0 Å². The van der Waals surface area contributed by atoms with E-state index >= 15 is 0 Å². The summed E-state index contributed by atoms with van der Waals surface area (Å²) in [5.41, 5.74) is 3.34. The van der Waals surface area contributed by atoms with Gasteiger partial charge in [-0.1, -0.05) is 50.2 Å². The molecule has 2 atom stereocenters. The van der Waals surface area contributed by atoms with Crippen molar-refractivity contribution >= 4 is 11.6 Å². The summed E-state index contributed by atoms with van der Waals surface area (Å²) in [5.74, 6) is -0.865. The fraction of sp³-hybridized carbons (Fsp3) is 0.458. The molecule has 0 spiro atoms. The number of anilines is 1. The van der Waals surface area contributed by atoms with E-state index in [1.54, 1.807) is 12.1 Å². The average Bonchev–Trinajstić information content (AvgIpc) is 2.91. The predicted octanol–water partition coefficient (Wildman–Crippen LogP) is 4.28. The van der Waals surface area contributed by atoms with Crippen LogP contribution in [0.4, 0.5) is 18.9 Å². The second kappa shape index (κ2) is 7.86. The number of carbonyl (C=O) groups is 1. The van der Waals surface area contributed by atoms with Gasteiger partial charge in [-0.05, 0) is 35.2 Å². The smallest absolute Gasteiger partial charge is 0.381 e. The maximum absolute atomic E-state index is 13.9. The van der Waals surface area contributed by atoms with Crippen molar-refractivity contribution in [3.8, 4) is 0 Å². The van der Waals surface area contributed by atoms with Gasteiger partial charge in [0.05, 0.1) is 5.92 Å². The van der Waals surface area contributed by atoms with Crippen molar-refractivity contribution in [2.75, 3.05) is 25.5 Å². The zero-order valence-corrected chi connectivity index (χ0v) is 18.0. The first-order chi connectivity index (χ1) is 14.6. The molecule has 1 saturated heterocycles. The summed E-state index contributed by atoms with van der Waals surface area (Å²) in [5, 5.41) is 6.43. The quantitative estimate of drug-likeness (QED) is 0.743. The number of hydrogen-bond acceptors (Lipinski definition) is 3. The first-order valence-corrected chi connectivity index (χ1v) is 10.6. The van der Waals surface area contributed by atoms with Crippen LogP contribution in [-0.2, 0) is 16.6 Å². The monoisotopic (exact) mass is 431 g/mol. The van der Waals surface area contributed by atoms with E-state index < -0.39 is 18.1 Å². The van der Waals surface area contributed by atoms with E-state index in [2.05, 4.69) is 36.6 Å². The molecule has 2 aromatic carbocycles. The number of alkyl halides is 3. The molecule has 4 rings (SSSR count). The SMILES string of the molecule is CN(C(=O)C1CNC1)[C@@H](c1ccc(NC2Cc3ccccc3C2(C)C)cc1)C(F)(F)F. The van der Waals surface area contributed by atoms with Crippen molar-refractivity contribution in [2.45, 2.75) is 43.9 Å². The van der Waals surface area contributed by atoms with Crippen LogP contribution < -0.4 is 10.6 Å². The van der Waals surface area contributed by atoms with Crippen molar-refractivity contribution in [1.29, 1.82) is 0 Å². The Morgan fingerprint density at radius 2 is 1.77 bits per heavy atom. The molecule has 0 aromatic heterocycles. The van der Waals surface area contributed by atoms with E-state index in [4.69, 9.17) is 0 Å². The average molecular weight is 432 g/mol. The molecule has 0 bridgehead atoms. The normalized spacial score (nSPS) is 21.2. The molecular formula is C24H28F3N3O. The number of halogens is 3. The van der Waals surface area contributed by atoms with E-state index in [9.17, 15) is 18.0 Å². The minimum absolute atomic E-state index is 0.0650. The fourth-order valence-electron chi connectivity index (χ4n) is 4.69. The molecule has 0 radical (unpaired) electrons. The van der Waals surface area contributed by atoms with Crippen LogP contribution in [0.1, 0.15) is 36.6 Å². The van der Waals surface area contributed by atoms with E-state index in [0.29, 0.717) is 13.1 Å². The Bertz CT molecular complexity index is 951. The molecule has 0 saturated carbocycles. The largest absolute Gasteiger partial charge is 0.413 e. The van der Waals surface area contributed by atoms with Gasteiger partial charge in [0.1, 0.15) is 0 Å². The number of nitrogens with zero attached hydrogens (tertiary/aromatic N) is 1. The van der Waals surface area contributed by atoms with Gasteiger partial charge in [0.25, 0.3) is 0 Å². The lowest BCUT2D eigenvalue weighted by atomic mass is 9.83. The number of nitrogens with one attached hydrogen (secondary N) is 2. The van der Waals surface area contributed by atoms with Gasteiger partial charge in [-0.2, -0.15) is 13.2 Å². The highest BCUT2D eigenvalue weighted by Gasteiger charge is 2.47. The van der Waals surface area contributed by atoms with Crippen LogP contribution in [-0.4, -0.2) is 43.2 Å². The van der Waals surface area contributed by atoms with Gasteiger partial charge in [-0.25, -0.2) is 0 Å². The molecule has 1 fully saturated rings. The summed E-state index contributed by atoms with van der Waals surface area (Å²) in [6.45, 7) is 5.22. The molecule has 1 aliphatic carbocycles. The number of benzene rings is 2. The molecule has 4 nitrogen and oxygen atoms in total. The lowest BCUT2D eigenvalue weighted by Gasteiger charge is -2.36. The third kappa shape index (κ3) is 4.03. The van der Waals surface area contributed by atoms with Crippen LogP contribution in [0, 0.1) is 5.92 Å². The second-order valence-corrected chi connectivity index (χ2v) is 9.15. The maximum Gasteiger partial charge on any atom is 0.413 e. The molecule has 2 aromatic rings. The number of rotatable bonds is 5. The second-order valence-electron chi connectivity index (χ2n) is 9.15. The zero-order valence-electron chi connectivity index (χ0n) is 18.0. The lowest BCUT2D eigenvalue weighted by Crippen LogP contribution is -2.53. The molecule has 1 aliphatic heterocycles. The minimum Gasteiger partial charge on any atom is -0.381 e. The molecular weight excluding hydrogens is 403 g/mol. The van der Waals surface area contributed by atoms with Crippen LogP contribution in [0.2, 0.25) is 0 Å². The van der Waals surface area contributed by atoms with E-state index in [0.717, 1.165) is 17.0 Å². The number of carbonyl (C=O) groups excluding carboxylic acids is 1. The standard InChI is InChI=1S/C24H28F3N3O/c1-23(2)19-7-5-4-6-16(19)12-20(23)29-18-10-8-15(9-11-18)21(24(25,26)27)30(3)22(31)17-13-28-14-17/h4-11,17,20-21,28-29H,12-14H2,1-3H3/t20?,21-/m0/s1. The van der Waals surface area contributed by atoms with Gasteiger partial charge >= 0.3 is 6.18 Å². The van der Waals surface area contributed by atoms with Crippen molar-refractivity contribution in [1.82, 2.24) is 10.2 Å². The molecule has 1 unspecified atom stereocenters. The zero-order chi connectivity index (χ0) is 22.4. The van der Waals surface area contributed by atoms with Crippen LogP contribution in [0.25, 0.3) is 0 Å². The van der Waals surface area contributed by atoms with Gasteiger partial charge in [-0.3, -0.25) is 4.79 Å². The molecule has 166 valence electrons. The Morgan fingerprint density at radius 3 is 2.32 bits per heavy atom. The Balaban J connectivity index is 1.52. The third-order valence-corrected chi connectivity index (χ3v) is 6.75. The summed E-state index contributed by atoms with van der Waals surface area (Å²) in [6, 6.07) is 12.8. The molecule has 31 heavy (non-hydrogen) atoms. The Morgan fingerprint density at radius 1 is 1.13 bits per heavy atom. The Hall–Kier alpha value is -2.54. The predicted molar refractivity (Wildman–Crippen MR) is 115 cm³/mol. The van der Waals surface area contributed by atoms with Crippen molar-refractivity contribution in [2.24, 2.45) is 5.92 Å². The van der Waals surface area contributed by atoms with Crippen LogP contribution in [0.15, 0.2) is 48.5 Å². The highest BCUT2D eigenvalue weighted by atomic mass is 19.4. The number of amides is 1. The minimum atomic E-state index is -4.55. The lowest BCUT2D eigenvalue weighted by molar-refractivity contribution is -0.191. The summed E-state index contributed by atoms with van der Waals surface area (Å²) in [4.78, 5) is 13.3. The van der Waals surface area contributed by atoms with Gasteiger partial charge < -0.3 is 15.5 Å². The van der Waals surface area contributed by atoms with Crippen molar-refractivity contribution in [3.63, 3.8) is 0 Å². The van der Waals surface area contributed by atoms with Crippen molar-refractivity contribution in [3.05, 3.63) is 65.2 Å². The number of hydrogen-bond donors (Lipinski definition) is 2. The summed E-state index contributed by atoms with van der Waals surface area (Å²) in [7, 11) is 1.24. The summed E-state index contributed by atoms with van der Waals surface area (Å²) < 4.78 is 41.6. The Kier molecular flexibility index (Phi) is 5.50. The fourth-order valence-corrected chi connectivity index (χ4v) is 4.69. The van der Waals surface area contributed by atoms with Crippen LogP contribution >= 0.6 is 0 Å². The molecule has 1 amide bonds. The number of fused-ring (bicyclic) bond motifs is 1. The highest BCUT2D eigenvalue weighted by Crippen LogP contribution is 2.41. The maximum atomic E-state index is 13.9. The highest BCUT2D eigenvalue weighted by molar-refractivity contribution is 5.80. The first kappa shape index (κ1) is 21.7. The Labute approximate surface area is 180 Å². The van der Waals surface area contributed by atoms with Crippen molar-refractivity contribution < 1.29 is 18.0 Å². The van der Waals surface area contributed by atoms with Crippen LogP contribution in [0.5, 0.6) is 0 Å². The van der Waals surface area contributed by atoms with E-state index in [1.165, 1.54) is 30.3 Å². The first-order valence-electron chi connectivity index (χ1n) is 10.6. The van der Waals surface area contributed by atoms with Gasteiger partial charge in [0, 0.05) is 37.3 Å².